The molecule has 0 amide bonds. The van der Waals surface area contributed by atoms with Crippen LogP contribution in [0, 0.1) is 5.92 Å². The topological polar surface area (TPSA) is 36.9 Å². The maximum atomic E-state index is 5.71. The van der Waals surface area contributed by atoms with Gasteiger partial charge in [-0.2, -0.15) is 0 Å². The van der Waals surface area contributed by atoms with Gasteiger partial charge in [-0.3, -0.25) is 0 Å². The van der Waals surface area contributed by atoms with E-state index in [2.05, 4.69) is 6.92 Å². The third-order valence-corrected chi connectivity index (χ3v) is 2.87. The third kappa shape index (κ3) is 3.42. The normalized spacial score (nSPS) is 35.2. The molecule has 0 saturated carbocycles. The lowest BCUT2D eigenvalue weighted by Gasteiger charge is -2.40. The minimum atomic E-state index is -0.253. The number of ether oxygens (including phenoxy) is 4. The van der Waals surface area contributed by atoms with Crippen molar-refractivity contribution in [1.29, 1.82) is 0 Å². The first-order valence-corrected chi connectivity index (χ1v) is 6.20. The Bertz CT molecular complexity index is 186. The van der Waals surface area contributed by atoms with Crippen LogP contribution in [0.5, 0.6) is 0 Å². The Morgan fingerprint density at radius 2 is 1.62 bits per heavy atom. The van der Waals surface area contributed by atoms with Crippen LogP contribution in [-0.4, -0.2) is 44.9 Å². The molecular weight excluding hydrogens is 208 g/mol. The van der Waals surface area contributed by atoms with Crippen LogP contribution in [-0.2, 0) is 18.9 Å². The van der Waals surface area contributed by atoms with Gasteiger partial charge < -0.3 is 18.9 Å². The first-order chi connectivity index (χ1) is 7.74. The van der Waals surface area contributed by atoms with E-state index in [0.717, 1.165) is 0 Å². The summed E-state index contributed by atoms with van der Waals surface area (Å²) in [7, 11) is 0. The third-order valence-electron chi connectivity index (χ3n) is 2.87. The summed E-state index contributed by atoms with van der Waals surface area (Å²) in [6.07, 6.45) is -0.176. The number of hydrogen-bond acceptors (Lipinski definition) is 4. The highest BCUT2D eigenvalue weighted by Gasteiger charge is 2.39. The fourth-order valence-corrected chi connectivity index (χ4v) is 2.04. The highest BCUT2D eigenvalue weighted by atomic mass is 16.7. The first-order valence-electron chi connectivity index (χ1n) is 6.20. The summed E-state index contributed by atoms with van der Waals surface area (Å²) in [4.78, 5) is 0. The molecule has 4 atom stereocenters. The molecule has 0 aromatic heterocycles. The zero-order valence-electron chi connectivity index (χ0n) is 10.8. The van der Waals surface area contributed by atoms with Crippen LogP contribution < -0.4 is 0 Å². The second-order valence-electron chi connectivity index (χ2n) is 3.93. The van der Waals surface area contributed by atoms with E-state index in [-0.39, 0.29) is 18.5 Å². The number of rotatable bonds is 6. The highest BCUT2D eigenvalue weighted by Crippen LogP contribution is 2.26. The smallest absolute Gasteiger partial charge is 0.184 e. The van der Waals surface area contributed by atoms with Crippen molar-refractivity contribution in [1.82, 2.24) is 0 Å². The van der Waals surface area contributed by atoms with Crippen LogP contribution in [0.4, 0.5) is 0 Å². The summed E-state index contributed by atoms with van der Waals surface area (Å²) in [6.45, 7) is 10.7. The first kappa shape index (κ1) is 13.9. The van der Waals surface area contributed by atoms with Gasteiger partial charge in [0.1, 0.15) is 6.10 Å². The van der Waals surface area contributed by atoms with Gasteiger partial charge >= 0.3 is 0 Å². The SMILES string of the molecule is CCOC1OC[C@@H](OCC)[C@@H](C)[C@@H]1OCC. The van der Waals surface area contributed by atoms with E-state index in [1.807, 2.05) is 20.8 Å². The van der Waals surface area contributed by atoms with E-state index in [9.17, 15) is 0 Å². The second kappa shape index (κ2) is 7.22. The Kier molecular flexibility index (Phi) is 6.28. The van der Waals surface area contributed by atoms with Gasteiger partial charge in [0.2, 0.25) is 0 Å². The van der Waals surface area contributed by atoms with Gasteiger partial charge in [0.25, 0.3) is 0 Å². The molecule has 0 radical (unpaired) electrons. The predicted octanol–water partition coefficient (Wildman–Crippen LogP) is 1.83. The van der Waals surface area contributed by atoms with Gasteiger partial charge in [0.15, 0.2) is 6.29 Å². The van der Waals surface area contributed by atoms with E-state index < -0.39 is 0 Å². The Balaban J connectivity index is 2.58. The lowest BCUT2D eigenvalue weighted by atomic mass is 9.95. The Labute approximate surface area is 98.2 Å². The van der Waals surface area contributed by atoms with Crippen LogP contribution in [0.25, 0.3) is 0 Å². The zero-order valence-corrected chi connectivity index (χ0v) is 10.8. The lowest BCUT2D eigenvalue weighted by Crippen LogP contribution is -2.51. The van der Waals surface area contributed by atoms with E-state index in [1.54, 1.807) is 0 Å². The van der Waals surface area contributed by atoms with Gasteiger partial charge in [-0.05, 0) is 20.8 Å². The molecule has 1 aliphatic rings. The molecule has 1 heterocycles. The van der Waals surface area contributed by atoms with Gasteiger partial charge in [0.05, 0.1) is 12.7 Å². The largest absolute Gasteiger partial charge is 0.376 e. The Hall–Kier alpha value is -0.160. The highest BCUT2D eigenvalue weighted by molar-refractivity contribution is 4.82. The molecule has 0 spiro atoms. The summed E-state index contributed by atoms with van der Waals surface area (Å²) < 4.78 is 22.5. The molecule has 0 bridgehead atoms. The van der Waals surface area contributed by atoms with Gasteiger partial charge in [-0.1, -0.05) is 6.92 Å². The molecule has 16 heavy (non-hydrogen) atoms. The summed E-state index contributed by atoms with van der Waals surface area (Å²) in [5.41, 5.74) is 0. The summed E-state index contributed by atoms with van der Waals surface area (Å²) in [6, 6.07) is 0. The van der Waals surface area contributed by atoms with Crippen molar-refractivity contribution in [2.45, 2.75) is 46.2 Å². The van der Waals surface area contributed by atoms with Gasteiger partial charge in [0, 0.05) is 25.7 Å². The molecule has 4 nitrogen and oxygen atoms in total. The molecular formula is C12H24O4. The van der Waals surface area contributed by atoms with Crippen LogP contribution in [0.1, 0.15) is 27.7 Å². The Morgan fingerprint density at radius 1 is 1.00 bits per heavy atom. The summed E-state index contributed by atoms with van der Waals surface area (Å²) in [5, 5.41) is 0. The van der Waals surface area contributed by atoms with E-state index in [1.165, 1.54) is 0 Å². The average Bonchev–Trinajstić information content (AvgIpc) is 2.28. The quantitative estimate of drug-likeness (QED) is 0.700. The fourth-order valence-electron chi connectivity index (χ4n) is 2.04. The molecule has 1 unspecified atom stereocenters. The van der Waals surface area contributed by atoms with E-state index in [4.69, 9.17) is 18.9 Å². The van der Waals surface area contributed by atoms with Gasteiger partial charge in [-0.15, -0.1) is 0 Å². The molecule has 1 fully saturated rings. The van der Waals surface area contributed by atoms with Crippen molar-refractivity contribution < 1.29 is 18.9 Å². The molecule has 1 aliphatic heterocycles. The van der Waals surface area contributed by atoms with Gasteiger partial charge in [-0.25, -0.2) is 0 Å². The van der Waals surface area contributed by atoms with Crippen LogP contribution in [0.2, 0.25) is 0 Å². The van der Waals surface area contributed by atoms with Crippen molar-refractivity contribution >= 4 is 0 Å². The molecule has 1 saturated heterocycles. The second-order valence-corrected chi connectivity index (χ2v) is 3.93. The summed E-state index contributed by atoms with van der Waals surface area (Å²) >= 11 is 0. The van der Waals surface area contributed by atoms with Crippen molar-refractivity contribution in [2.75, 3.05) is 26.4 Å². The van der Waals surface area contributed by atoms with E-state index >= 15 is 0 Å². The zero-order chi connectivity index (χ0) is 12.0. The van der Waals surface area contributed by atoms with Crippen LogP contribution in [0.3, 0.4) is 0 Å². The predicted molar refractivity (Wildman–Crippen MR) is 61.4 cm³/mol. The molecule has 4 heteroatoms. The van der Waals surface area contributed by atoms with Crippen molar-refractivity contribution in [3.63, 3.8) is 0 Å². The van der Waals surface area contributed by atoms with Crippen LogP contribution >= 0.6 is 0 Å². The maximum absolute atomic E-state index is 5.71. The van der Waals surface area contributed by atoms with Crippen molar-refractivity contribution in [2.24, 2.45) is 5.92 Å². The molecule has 0 N–H and O–H groups in total. The Morgan fingerprint density at radius 3 is 2.19 bits per heavy atom. The lowest BCUT2D eigenvalue weighted by molar-refractivity contribution is -0.269. The molecule has 0 aromatic rings. The van der Waals surface area contributed by atoms with E-state index in [0.29, 0.717) is 32.3 Å². The molecule has 96 valence electrons. The monoisotopic (exact) mass is 232 g/mol. The summed E-state index contributed by atoms with van der Waals surface area (Å²) in [5.74, 6) is 0.296. The average molecular weight is 232 g/mol. The van der Waals surface area contributed by atoms with Crippen molar-refractivity contribution in [3.05, 3.63) is 0 Å². The maximum Gasteiger partial charge on any atom is 0.184 e. The minimum Gasteiger partial charge on any atom is -0.376 e. The number of hydrogen-bond donors (Lipinski definition) is 0. The van der Waals surface area contributed by atoms with Crippen LogP contribution in [0.15, 0.2) is 0 Å². The fraction of sp³-hybridized carbons (Fsp3) is 1.00. The molecule has 0 aromatic carbocycles. The molecule has 0 aliphatic carbocycles. The minimum absolute atomic E-state index is 0.0322. The standard InChI is InChI=1S/C12H24O4/c1-5-13-10-8-16-12(15-7-3)11(9(10)4)14-6-2/h9-12H,5-8H2,1-4H3/t9-,10-,11+,12?/m1/s1. The molecule has 1 rings (SSSR count). The van der Waals surface area contributed by atoms with Crippen molar-refractivity contribution in [3.8, 4) is 0 Å².